The van der Waals surface area contributed by atoms with Crippen molar-refractivity contribution < 1.29 is 14.4 Å². The van der Waals surface area contributed by atoms with Crippen molar-refractivity contribution in [2.45, 2.75) is 6.42 Å². The van der Waals surface area contributed by atoms with Crippen LogP contribution in [0.4, 0.5) is 0 Å². The zero-order chi connectivity index (χ0) is 15.5. The van der Waals surface area contributed by atoms with Gasteiger partial charge in [-0.3, -0.25) is 4.79 Å². The lowest BCUT2D eigenvalue weighted by Crippen LogP contribution is -2.00. The SMILES string of the molecule is O=C(O)Cc1onc(-c2ccccc2)c1-c1ccc(Cl)cc1. The van der Waals surface area contributed by atoms with E-state index in [0.29, 0.717) is 22.0 Å². The average Bonchev–Trinajstić information content (AvgIpc) is 2.92. The van der Waals surface area contributed by atoms with Crippen LogP contribution in [0.25, 0.3) is 22.4 Å². The second kappa shape index (κ2) is 6.03. The molecule has 4 nitrogen and oxygen atoms in total. The van der Waals surface area contributed by atoms with Crippen molar-refractivity contribution in [3.63, 3.8) is 0 Å². The number of aromatic nitrogens is 1. The molecule has 2 aromatic carbocycles. The molecule has 0 saturated carbocycles. The molecule has 110 valence electrons. The molecule has 0 unspecified atom stereocenters. The molecule has 0 atom stereocenters. The van der Waals surface area contributed by atoms with Gasteiger partial charge in [-0.1, -0.05) is 59.2 Å². The molecule has 1 aromatic heterocycles. The smallest absolute Gasteiger partial charge is 0.311 e. The van der Waals surface area contributed by atoms with Crippen LogP contribution in [-0.2, 0) is 11.2 Å². The summed E-state index contributed by atoms with van der Waals surface area (Å²) in [6.45, 7) is 0. The van der Waals surface area contributed by atoms with Gasteiger partial charge in [-0.25, -0.2) is 0 Å². The number of rotatable bonds is 4. The fraction of sp³-hybridized carbons (Fsp3) is 0.0588. The zero-order valence-corrected chi connectivity index (χ0v) is 12.2. The van der Waals surface area contributed by atoms with Crippen LogP contribution in [0.3, 0.4) is 0 Å². The van der Waals surface area contributed by atoms with Gasteiger partial charge in [0.2, 0.25) is 0 Å². The number of hydrogen-bond acceptors (Lipinski definition) is 3. The summed E-state index contributed by atoms with van der Waals surface area (Å²) < 4.78 is 5.28. The third-order valence-corrected chi connectivity index (χ3v) is 3.51. The molecular weight excluding hydrogens is 302 g/mol. The molecule has 0 saturated heterocycles. The van der Waals surface area contributed by atoms with Crippen molar-refractivity contribution >= 4 is 17.6 Å². The topological polar surface area (TPSA) is 63.3 Å². The minimum absolute atomic E-state index is 0.224. The molecule has 1 N–H and O–H groups in total. The molecule has 0 amide bonds. The van der Waals surface area contributed by atoms with E-state index >= 15 is 0 Å². The van der Waals surface area contributed by atoms with E-state index in [1.165, 1.54) is 0 Å². The molecule has 0 aliphatic heterocycles. The van der Waals surface area contributed by atoms with Crippen molar-refractivity contribution in [1.82, 2.24) is 5.16 Å². The third-order valence-electron chi connectivity index (χ3n) is 3.25. The molecule has 0 aliphatic rings. The van der Waals surface area contributed by atoms with Gasteiger partial charge in [0.05, 0.1) is 5.56 Å². The van der Waals surface area contributed by atoms with Gasteiger partial charge in [0.15, 0.2) is 5.76 Å². The maximum atomic E-state index is 11.0. The predicted molar refractivity (Wildman–Crippen MR) is 83.7 cm³/mol. The summed E-state index contributed by atoms with van der Waals surface area (Å²) in [6.07, 6.45) is -0.224. The van der Waals surface area contributed by atoms with Crippen LogP contribution in [0, 0.1) is 0 Å². The average molecular weight is 314 g/mol. The molecule has 0 radical (unpaired) electrons. The highest BCUT2D eigenvalue weighted by Gasteiger charge is 2.21. The Morgan fingerprint density at radius 3 is 2.36 bits per heavy atom. The van der Waals surface area contributed by atoms with Gasteiger partial charge in [-0.15, -0.1) is 0 Å². The van der Waals surface area contributed by atoms with Crippen LogP contribution in [0.1, 0.15) is 5.76 Å². The lowest BCUT2D eigenvalue weighted by Gasteiger charge is -2.04. The highest BCUT2D eigenvalue weighted by molar-refractivity contribution is 6.30. The summed E-state index contributed by atoms with van der Waals surface area (Å²) in [7, 11) is 0. The Kier molecular flexibility index (Phi) is 3.94. The number of carbonyl (C=O) groups is 1. The number of nitrogens with zero attached hydrogens (tertiary/aromatic N) is 1. The number of carboxylic acid groups (broad SMARTS) is 1. The number of hydrogen-bond donors (Lipinski definition) is 1. The third kappa shape index (κ3) is 2.87. The van der Waals surface area contributed by atoms with Gasteiger partial charge in [-0.05, 0) is 17.7 Å². The van der Waals surface area contributed by atoms with E-state index in [0.717, 1.165) is 11.1 Å². The monoisotopic (exact) mass is 313 g/mol. The summed E-state index contributed by atoms with van der Waals surface area (Å²) >= 11 is 5.92. The van der Waals surface area contributed by atoms with E-state index < -0.39 is 5.97 Å². The van der Waals surface area contributed by atoms with E-state index in [4.69, 9.17) is 21.2 Å². The lowest BCUT2D eigenvalue weighted by atomic mass is 9.98. The second-order valence-electron chi connectivity index (χ2n) is 4.77. The first-order chi connectivity index (χ1) is 10.6. The Morgan fingerprint density at radius 1 is 1.05 bits per heavy atom. The van der Waals surface area contributed by atoms with Crippen LogP contribution in [0.15, 0.2) is 59.1 Å². The van der Waals surface area contributed by atoms with Crippen molar-refractivity contribution in [3.05, 3.63) is 65.4 Å². The first kappa shape index (κ1) is 14.4. The minimum Gasteiger partial charge on any atom is -0.481 e. The lowest BCUT2D eigenvalue weighted by molar-refractivity contribution is -0.136. The van der Waals surface area contributed by atoms with Gasteiger partial charge in [0, 0.05) is 10.6 Å². The summed E-state index contributed by atoms with van der Waals surface area (Å²) in [6, 6.07) is 16.7. The fourth-order valence-electron chi connectivity index (χ4n) is 2.29. The van der Waals surface area contributed by atoms with Crippen LogP contribution in [0.5, 0.6) is 0 Å². The zero-order valence-electron chi connectivity index (χ0n) is 11.5. The Hall–Kier alpha value is -2.59. The molecule has 1 heterocycles. The van der Waals surface area contributed by atoms with E-state index in [2.05, 4.69) is 5.16 Å². The van der Waals surface area contributed by atoms with E-state index in [-0.39, 0.29) is 6.42 Å². The number of benzene rings is 2. The summed E-state index contributed by atoms with van der Waals surface area (Å²) in [5.74, 6) is -0.639. The largest absolute Gasteiger partial charge is 0.481 e. The maximum Gasteiger partial charge on any atom is 0.311 e. The first-order valence-corrected chi connectivity index (χ1v) is 7.04. The number of halogens is 1. The summed E-state index contributed by atoms with van der Waals surface area (Å²) in [5.41, 5.74) is 3.00. The van der Waals surface area contributed by atoms with Crippen LogP contribution < -0.4 is 0 Å². The molecule has 0 spiro atoms. The predicted octanol–water partition coefficient (Wildman–Crippen LogP) is 4.29. The molecule has 5 heteroatoms. The van der Waals surface area contributed by atoms with E-state index in [9.17, 15) is 4.79 Å². The summed E-state index contributed by atoms with van der Waals surface area (Å²) in [4.78, 5) is 11.0. The molecule has 3 aromatic rings. The van der Waals surface area contributed by atoms with Gasteiger partial charge in [-0.2, -0.15) is 0 Å². The molecule has 3 rings (SSSR count). The van der Waals surface area contributed by atoms with Crippen molar-refractivity contribution in [2.75, 3.05) is 0 Å². The Morgan fingerprint density at radius 2 is 1.73 bits per heavy atom. The van der Waals surface area contributed by atoms with Gasteiger partial charge in [0.1, 0.15) is 12.1 Å². The Balaban J connectivity index is 2.17. The highest BCUT2D eigenvalue weighted by atomic mass is 35.5. The van der Waals surface area contributed by atoms with Crippen molar-refractivity contribution in [2.24, 2.45) is 0 Å². The van der Waals surface area contributed by atoms with E-state index in [1.807, 2.05) is 42.5 Å². The highest BCUT2D eigenvalue weighted by Crippen LogP contribution is 2.35. The van der Waals surface area contributed by atoms with Crippen molar-refractivity contribution in [3.8, 4) is 22.4 Å². The van der Waals surface area contributed by atoms with Crippen molar-refractivity contribution in [1.29, 1.82) is 0 Å². The van der Waals surface area contributed by atoms with Crippen LogP contribution >= 0.6 is 11.6 Å². The van der Waals surface area contributed by atoms with Gasteiger partial charge in [0.25, 0.3) is 0 Å². The number of carboxylic acids is 1. The molecule has 0 aliphatic carbocycles. The van der Waals surface area contributed by atoms with Crippen LogP contribution in [-0.4, -0.2) is 16.2 Å². The Bertz CT molecular complexity index is 795. The molecule has 22 heavy (non-hydrogen) atoms. The van der Waals surface area contributed by atoms with Gasteiger partial charge >= 0.3 is 5.97 Å². The standard InChI is InChI=1S/C17H12ClNO3/c18-13-8-6-11(7-9-13)16-14(10-15(20)21)22-19-17(16)12-4-2-1-3-5-12/h1-9H,10H2,(H,20,21). The Labute approximate surface area is 131 Å². The van der Waals surface area contributed by atoms with Gasteiger partial charge < -0.3 is 9.63 Å². The maximum absolute atomic E-state index is 11.0. The van der Waals surface area contributed by atoms with Crippen LogP contribution in [0.2, 0.25) is 5.02 Å². The molecule has 0 bridgehead atoms. The molecule has 0 fully saturated rings. The molecular formula is C17H12ClNO3. The quantitative estimate of drug-likeness (QED) is 0.780. The van der Waals surface area contributed by atoms with E-state index in [1.54, 1.807) is 12.1 Å². The number of aliphatic carboxylic acids is 1. The normalized spacial score (nSPS) is 10.6. The second-order valence-corrected chi connectivity index (χ2v) is 5.21. The first-order valence-electron chi connectivity index (χ1n) is 6.67. The minimum atomic E-state index is -0.967. The summed E-state index contributed by atoms with van der Waals surface area (Å²) in [5, 5.41) is 13.7. The fourth-order valence-corrected chi connectivity index (χ4v) is 2.42.